The van der Waals surface area contributed by atoms with Crippen molar-refractivity contribution in [3.05, 3.63) is 77.1 Å². The summed E-state index contributed by atoms with van der Waals surface area (Å²) >= 11 is 0. The molecule has 0 unspecified atom stereocenters. The molecule has 0 saturated heterocycles. The number of methoxy groups -OCH3 is 1. The van der Waals surface area contributed by atoms with Crippen LogP contribution in [0.3, 0.4) is 0 Å². The Bertz CT molecular complexity index is 1160. The first-order valence-electron chi connectivity index (χ1n) is 9.91. The molecule has 2 N–H and O–H groups in total. The van der Waals surface area contributed by atoms with E-state index in [9.17, 15) is 13.2 Å². The number of benzene rings is 2. The Morgan fingerprint density at radius 1 is 0.968 bits per heavy atom. The monoisotopic (exact) mass is 441 g/mol. The maximum absolute atomic E-state index is 12.7. The van der Waals surface area contributed by atoms with Crippen molar-refractivity contribution in [3.8, 4) is 11.4 Å². The number of aryl methyl sites for hydroxylation is 2. The SMILES string of the molecule is COc1ccc(-n2c(C)cc(C(=O)NCCNS(=O)(=O)c3ccc(C)cc3)c2C)cc1. The first kappa shape index (κ1) is 22.6. The Hall–Kier alpha value is -3.10. The molecule has 3 aromatic rings. The smallest absolute Gasteiger partial charge is 0.253 e. The van der Waals surface area contributed by atoms with Crippen molar-refractivity contribution in [2.24, 2.45) is 0 Å². The van der Waals surface area contributed by atoms with Gasteiger partial charge in [-0.25, -0.2) is 13.1 Å². The Morgan fingerprint density at radius 2 is 1.61 bits per heavy atom. The molecule has 1 aromatic heterocycles. The van der Waals surface area contributed by atoms with Crippen LogP contribution in [-0.4, -0.2) is 39.1 Å². The Kier molecular flexibility index (Phi) is 6.82. The molecule has 0 fully saturated rings. The van der Waals surface area contributed by atoms with Gasteiger partial charge in [0.05, 0.1) is 17.6 Å². The van der Waals surface area contributed by atoms with E-state index in [0.717, 1.165) is 28.4 Å². The number of hydrogen-bond acceptors (Lipinski definition) is 4. The molecule has 2 aromatic carbocycles. The van der Waals surface area contributed by atoms with Gasteiger partial charge in [0.15, 0.2) is 0 Å². The van der Waals surface area contributed by atoms with Crippen LogP contribution in [0.25, 0.3) is 5.69 Å². The van der Waals surface area contributed by atoms with Gasteiger partial charge in [0, 0.05) is 30.2 Å². The van der Waals surface area contributed by atoms with Gasteiger partial charge in [0.2, 0.25) is 10.0 Å². The average molecular weight is 442 g/mol. The highest BCUT2D eigenvalue weighted by molar-refractivity contribution is 7.89. The van der Waals surface area contributed by atoms with E-state index in [1.54, 1.807) is 31.4 Å². The minimum absolute atomic E-state index is 0.0964. The highest BCUT2D eigenvalue weighted by atomic mass is 32.2. The molecule has 8 heteroatoms. The summed E-state index contributed by atoms with van der Waals surface area (Å²) in [4.78, 5) is 12.9. The van der Waals surface area contributed by atoms with Crippen LogP contribution in [0, 0.1) is 20.8 Å². The number of aromatic nitrogens is 1. The predicted octanol–water partition coefficient (Wildman–Crippen LogP) is 3.12. The maximum atomic E-state index is 12.7. The fraction of sp³-hybridized carbons (Fsp3) is 0.261. The zero-order valence-corrected chi connectivity index (χ0v) is 18.9. The van der Waals surface area contributed by atoms with Gasteiger partial charge in [-0.05, 0) is 63.2 Å². The first-order valence-corrected chi connectivity index (χ1v) is 11.4. The van der Waals surface area contributed by atoms with E-state index in [4.69, 9.17) is 4.74 Å². The quantitative estimate of drug-likeness (QED) is 0.526. The Morgan fingerprint density at radius 3 is 2.23 bits per heavy atom. The average Bonchev–Trinajstić information content (AvgIpc) is 3.05. The molecule has 3 rings (SSSR count). The summed E-state index contributed by atoms with van der Waals surface area (Å²) in [7, 11) is -1.99. The molecular formula is C23H27N3O4S. The number of nitrogens with one attached hydrogen (secondary N) is 2. The lowest BCUT2D eigenvalue weighted by Gasteiger charge is -2.11. The number of ether oxygens (including phenoxy) is 1. The fourth-order valence-corrected chi connectivity index (χ4v) is 4.41. The van der Waals surface area contributed by atoms with Crippen LogP contribution in [0.5, 0.6) is 5.75 Å². The van der Waals surface area contributed by atoms with Gasteiger partial charge in [-0.1, -0.05) is 17.7 Å². The highest BCUT2D eigenvalue weighted by Gasteiger charge is 2.17. The van der Waals surface area contributed by atoms with Crippen LogP contribution in [0.1, 0.15) is 27.3 Å². The van der Waals surface area contributed by atoms with Crippen LogP contribution in [0.4, 0.5) is 0 Å². The molecular weight excluding hydrogens is 414 g/mol. The van der Waals surface area contributed by atoms with Gasteiger partial charge in [-0.2, -0.15) is 0 Å². The lowest BCUT2D eigenvalue weighted by atomic mass is 10.2. The minimum Gasteiger partial charge on any atom is -0.497 e. The Balaban J connectivity index is 1.62. The van der Waals surface area contributed by atoms with Crippen molar-refractivity contribution in [3.63, 3.8) is 0 Å². The number of sulfonamides is 1. The summed E-state index contributed by atoms with van der Waals surface area (Å²) in [5.74, 6) is 0.514. The Labute approximate surface area is 183 Å². The highest BCUT2D eigenvalue weighted by Crippen LogP contribution is 2.22. The van der Waals surface area contributed by atoms with E-state index >= 15 is 0 Å². The standard InChI is InChI=1S/C23H27N3O4S/c1-16-5-11-21(12-6-16)31(28,29)25-14-13-24-23(27)22-15-17(2)26(18(22)3)19-7-9-20(30-4)10-8-19/h5-12,15,25H,13-14H2,1-4H3,(H,24,27). The summed E-state index contributed by atoms with van der Waals surface area (Å²) in [5.41, 5.74) is 4.20. The number of carbonyl (C=O) groups is 1. The fourth-order valence-electron chi connectivity index (χ4n) is 3.38. The van der Waals surface area contributed by atoms with Crippen molar-refractivity contribution in [2.75, 3.05) is 20.2 Å². The largest absolute Gasteiger partial charge is 0.497 e. The zero-order valence-electron chi connectivity index (χ0n) is 18.1. The molecule has 0 spiro atoms. The number of amides is 1. The number of hydrogen-bond donors (Lipinski definition) is 2. The molecule has 7 nitrogen and oxygen atoms in total. The normalized spacial score (nSPS) is 11.4. The van der Waals surface area contributed by atoms with Gasteiger partial charge in [0.25, 0.3) is 5.91 Å². The van der Waals surface area contributed by atoms with Gasteiger partial charge in [-0.3, -0.25) is 4.79 Å². The van der Waals surface area contributed by atoms with Crippen LogP contribution in [0.15, 0.2) is 59.5 Å². The number of rotatable bonds is 8. The third-order valence-corrected chi connectivity index (χ3v) is 6.52. The lowest BCUT2D eigenvalue weighted by Crippen LogP contribution is -2.34. The molecule has 0 aliphatic heterocycles. The summed E-state index contributed by atoms with van der Waals surface area (Å²) < 4.78 is 34.4. The third-order valence-electron chi connectivity index (χ3n) is 5.04. The van der Waals surface area contributed by atoms with Crippen molar-refractivity contribution in [2.45, 2.75) is 25.7 Å². The van der Waals surface area contributed by atoms with Gasteiger partial charge < -0.3 is 14.6 Å². The van der Waals surface area contributed by atoms with Crippen molar-refractivity contribution in [1.82, 2.24) is 14.6 Å². The zero-order chi connectivity index (χ0) is 22.6. The maximum Gasteiger partial charge on any atom is 0.253 e. The van der Waals surface area contributed by atoms with Crippen molar-refractivity contribution in [1.29, 1.82) is 0 Å². The van der Waals surface area contributed by atoms with E-state index in [0.29, 0.717) is 5.56 Å². The van der Waals surface area contributed by atoms with Gasteiger partial charge in [-0.15, -0.1) is 0 Å². The van der Waals surface area contributed by atoms with Gasteiger partial charge >= 0.3 is 0 Å². The molecule has 1 amide bonds. The minimum atomic E-state index is -3.61. The molecule has 0 aliphatic rings. The van der Waals surface area contributed by atoms with E-state index in [1.165, 1.54) is 0 Å². The van der Waals surface area contributed by atoms with Crippen LogP contribution >= 0.6 is 0 Å². The van der Waals surface area contributed by atoms with Crippen LogP contribution < -0.4 is 14.8 Å². The molecule has 0 aliphatic carbocycles. The molecule has 0 radical (unpaired) electrons. The summed E-state index contributed by atoms with van der Waals surface area (Å²) in [6.07, 6.45) is 0. The number of carbonyl (C=O) groups excluding carboxylic acids is 1. The number of nitrogens with zero attached hydrogens (tertiary/aromatic N) is 1. The molecule has 164 valence electrons. The predicted molar refractivity (Wildman–Crippen MR) is 120 cm³/mol. The van der Waals surface area contributed by atoms with E-state index in [1.807, 2.05) is 55.7 Å². The second-order valence-electron chi connectivity index (χ2n) is 7.28. The van der Waals surface area contributed by atoms with E-state index < -0.39 is 10.0 Å². The van der Waals surface area contributed by atoms with Crippen LogP contribution in [0.2, 0.25) is 0 Å². The molecule has 1 heterocycles. The summed E-state index contributed by atoms with van der Waals surface area (Å²) in [5, 5.41) is 2.78. The first-order chi connectivity index (χ1) is 14.7. The third kappa shape index (κ3) is 5.15. The topological polar surface area (TPSA) is 89.4 Å². The molecule has 31 heavy (non-hydrogen) atoms. The van der Waals surface area contributed by atoms with E-state index in [-0.39, 0.29) is 23.9 Å². The summed E-state index contributed by atoms with van der Waals surface area (Å²) in [6.45, 7) is 5.98. The molecule has 0 atom stereocenters. The second-order valence-corrected chi connectivity index (χ2v) is 9.05. The van der Waals surface area contributed by atoms with Crippen LogP contribution in [-0.2, 0) is 10.0 Å². The van der Waals surface area contributed by atoms with Gasteiger partial charge in [0.1, 0.15) is 5.75 Å². The lowest BCUT2D eigenvalue weighted by molar-refractivity contribution is 0.0953. The van der Waals surface area contributed by atoms with E-state index in [2.05, 4.69) is 10.0 Å². The summed E-state index contributed by atoms with van der Waals surface area (Å²) in [6, 6.07) is 16.0. The second kappa shape index (κ2) is 9.36. The van der Waals surface area contributed by atoms with Crippen molar-refractivity contribution >= 4 is 15.9 Å². The van der Waals surface area contributed by atoms with Crippen molar-refractivity contribution < 1.29 is 17.9 Å². The molecule has 0 bridgehead atoms. The molecule has 0 saturated carbocycles.